The molecule has 2 unspecified atom stereocenters. The third-order valence-corrected chi connectivity index (χ3v) is 6.57. The first-order valence-electron chi connectivity index (χ1n) is 12.5. The lowest BCUT2D eigenvalue weighted by molar-refractivity contribution is 0.0358. The molecule has 8 heteroatoms. The van der Waals surface area contributed by atoms with E-state index in [1.807, 2.05) is 42.5 Å². The first-order chi connectivity index (χ1) is 18.0. The number of nitrogens with one attached hydrogen (secondary N) is 1. The van der Waals surface area contributed by atoms with Gasteiger partial charge in [0.25, 0.3) is 5.91 Å². The minimum atomic E-state index is -0.603. The molecule has 4 rings (SSSR count). The second-order valence-corrected chi connectivity index (χ2v) is 9.12. The Hall–Kier alpha value is -3.46. The fourth-order valence-electron chi connectivity index (χ4n) is 4.50. The maximum absolute atomic E-state index is 13.2. The number of benzene rings is 3. The molecule has 7 nitrogen and oxygen atoms in total. The van der Waals surface area contributed by atoms with Gasteiger partial charge in [-0.3, -0.25) is 14.6 Å². The van der Waals surface area contributed by atoms with E-state index in [9.17, 15) is 14.3 Å². The summed E-state index contributed by atoms with van der Waals surface area (Å²) in [6.07, 6.45) is -0.603. The van der Waals surface area contributed by atoms with Crippen molar-refractivity contribution in [1.29, 1.82) is 0 Å². The van der Waals surface area contributed by atoms with Crippen LogP contribution in [0.15, 0.2) is 78.9 Å². The molecule has 2 N–H and O–H groups in total. The third kappa shape index (κ3) is 7.76. The number of amides is 1. The molecular weight excluding hydrogens is 473 g/mol. The van der Waals surface area contributed by atoms with Gasteiger partial charge in [0.2, 0.25) is 0 Å². The first-order valence-corrected chi connectivity index (χ1v) is 12.5. The standard InChI is InChI=1S/C29H34FN3O4/c1-36-26-11-13-27(14-12-26)37-21-25(34)20-32-15-17-33(18-16-32)28(22-5-3-2-4-6-22)19-31-29(35)23-7-9-24(30)10-8-23/h2-14,25,28,34H,15-21H2,1H3,(H,31,35). The normalized spacial score (nSPS) is 16.1. The Labute approximate surface area is 217 Å². The van der Waals surface area contributed by atoms with Gasteiger partial charge >= 0.3 is 0 Å². The van der Waals surface area contributed by atoms with Gasteiger partial charge in [-0.05, 0) is 54.1 Å². The zero-order valence-corrected chi connectivity index (χ0v) is 21.1. The van der Waals surface area contributed by atoms with Crippen molar-refractivity contribution in [1.82, 2.24) is 15.1 Å². The van der Waals surface area contributed by atoms with E-state index in [4.69, 9.17) is 9.47 Å². The number of hydrogen-bond donors (Lipinski definition) is 2. The molecule has 1 heterocycles. The number of carbonyl (C=O) groups excluding carboxylic acids is 1. The van der Waals surface area contributed by atoms with Gasteiger partial charge in [-0.25, -0.2) is 4.39 Å². The largest absolute Gasteiger partial charge is 0.497 e. The molecule has 3 aromatic carbocycles. The number of nitrogens with zero attached hydrogens (tertiary/aromatic N) is 2. The van der Waals surface area contributed by atoms with E-state index in [-0.39, 0.29) is 24.4 Å². The van der Waals surface area contributed by atoms with Crippen LogP contribution in [0.25, 0.3) is 0 Å². The molecule has 1 saturated heterocycles. The molecule has 0 saturated carbocycles. The highest BCUT2D eigenvalue weighted by Gasteiger charge is 2.26. The summed E-state index contributed by atoms with van der Waals surface area (Å²) < 4.78 is 24.1. The zero-order valence-electron chi connectivity index (χ0n) is 21.1. The van der Waals surface area contributed by atoms with Crippen LogP contribution in [0.1, 0.15) is 22.0 Å². The van der Waals surface area contributed by atoms with Crippen molar-refractivity contribution in [3.05, 3.63) is 95.8 Å². The minimum Gasteiger partial charge on any atom is -0.497 e. The van der Waals surface area contributed by atoms with Gasteiger partial charge < -0.3 is 19.9 Å². The molecule has 0 bridgehead atoms. The Morgan fingerprint density at radius 2 is 1.59 bits per heavy atom. The van der Waals surface area contributed by atoms with Crippen LogP contribution >= 0.6 is 0 Å². The summed E-state index contributed by atoms with van der Waals surface area (Å²) in [4.78, 5) is 17.2. The summed E-state index contributed by atoms with van der Waals surface area (Å²) in [7, 11) is 1.62. The molecular formula is C29H34FN3O4. The molecule has 1 aliphatic heterocycles. The first kappa shape index (κ1) is 26.6. The predicted molar refractivity (Wildman–Crippen MR) is 140 cm³/mol. The van der Waals surface area contributed by atoms with Crippen molar-refractivity contribution in [2.75, 3.05) is 53.0 Å². The number of aliphatic hydroxyl groups is 1. The Kier molecular flexibility index (Phi) is 9.48. The van der Waals surface area contributed by atoms with Gasteiger partial charge in [0, 0.05) is 44.8 Å². The Morgan fingerprint density at radius 1 is 0.946 bits per heavy atom. The van der Waals surface area contributed by atoms with Crippen LogP contribution in [0.2, 0.25) is 0 Å². The van der Waals surface area contributed by atoms with Gasteiger partial charge in [0.1, 0.15) is 30.0 Å². The number of hydrogen-bond acceptors (Lipinski definition) is 6. The van der Waals surface area contributed by atoms with Gasteiger partial charge in [-0.2, -0.15) is 0 Å². The lowest BCUT2D eigenvalue weighted by Crippen LogP contribution is -2.51. The summed E-state index contributed by atoms with van der Waals surface area (Å²) >= 11 is 0. The Balaban J connectivity index is 1.28. The number of halogens is 1. The fourth-order valence-corrected chi connectivity index (χ4v) is 4.50. The molecule has 37 heavy (non-hydrogen) atoms. The number of piperazine rings is 1. The van der Waals surface area contributed by atoms with Crippen LogP contribution < -0.4 is 14.8 Å². The second-order valence-electron chi connectivity index (χ2n) is 9.12. The Bertz CT molecular complexity index is 1100. The minimum absolute atomic E-state index is 0.0103. The van der Waals surface area contributed by atoms with Gasteiger partial charge in [-0.1, -0.05) is 30.3 Å². The van der Waals surface area contributed by atoms with Crippen molar-refractivity contribution in [2.45, 2.75) is 12.1 Å². The molecule has 0 spiro atoms. The van der Waals surface area contributed by atoms with E-state index in [2.05, 4.69) is 27.2 Å². The monoisotopic (exact) mass is 507 g/mol. The van der Waals surface area contributed by atoms with E-state index in [1.54, 1.807) is 7.11 Å². The number of ether oxygens (including phenoxy) is 2. The smallest absolute Gasteiger partial charge is 0.251 e. The SMILES string of the molecule is COc1ccc(OCC(O)CN2CCN(C(CNC(=O)c3ccc(F)cc3)c3ccccc3)CC2)cc1. The highest BCUT2D eigenvalue weighted by Crippen LogP contribution is 2.22. The molecule has 3 aromatic rings. The number of methoxy groups -OCH3 is 1. The number of β-amino-alcohol motifs (C(OH)–C–C–N with tert-alkyl or cyclic N) is 1. The second kappa shape index (κ2) is 13.2. The van der Waals surface area contributed by atoms with Crippen LogP contribution in [0.5, 0.6) is 11.5 Å². The average Bonchev–Trinajstić information content (AvgIpc) is 2.94. The Morgan fingerprint density at radius 3 is 2.24 bits per heavy atom. The van der Waals surface area contributed by atoms with E-state index in [1.165, 1.54) is 24.3 Å². The number of rotatable bonds is 11. The quantitative estimate of drug-likeness (QED) is 0.415. The molecule has 0 aliphatic carbocycles. The highest BCUT2D eigenvalue weighted by molar-refractivity contribution is 5.94. The van der Waals surface area contributed by atoms with Gasteiger partial charge in [-0.15, -0.1) is 0 Å². The van der Waals surface area contributed by atoms with Crippen molar-refractivity contribution in [3.63, 3.8) is 0 Å². The van der Waals surface area contributed by atoms with Gasteiger partial charge in [0.15, 0.2) is 0 Å². The van der Waals surface area contributed by atoms with Crippen molar-refractivity contribution >= 4 is 5.91 Å². The lowest BCUT2D eigenvalue weighted by Gasteiger charge is -2.40. The highest BCUT2D eigenvalue weighted by atomic mass is 19.1. The van der Waals surface area contributed by atoms with Gasteiger partial charge in [0.05, 0.1) is 13.2 Å². The van der Waals surface area contributed by atoms with Crippen LogP contribution in [0, 0.1) is 5.82 Å². The van der Waals surface area contributed by atoms with Crippen LogP contribution in [-0.2, 0) is 0 Å². The van der Waals surface area contributed by atoms with E-state index >= 15 is 0 Å². The number of carbonyl (C=O) groups is 1. The summed E-state index contributed by atoms with van der Waals surface area (Å²) in [5.74, 6) is 0.862. The lowest BCUT2D eigenvalue weighted by atomic mass is 10.0. The average molecular weight is 508 g/mol. The predicted octanol–water partition coefficient (Wildman–Crippen LogP) is 3.36. The fraction of sp³-hybridized carbons (Fsp3) is 0.345. The number of aliphatic hydroxyl groups excluding tert-OH is 1. The molecule has 1 fully saturated rings. The molecule has 0 aromatic heterocycles. The molecule has 1 aliphatic rings. The summed E-state index contributed by atoms with van der Waals surface area (Å²) in [5, 5.41) is 13.5. The topological polar surface area (TPSA) is 74.3 Å². The summed E-state index contributed by atoms with van der Waals surface area (Å²) in [5.41, 5.74) is 1.56. The maximum atomic E-state index is 13.2. The van der Waals surface area contributed by atoms with Crippen molar-refractivity contribution < 1.29 is 23.8 Å². The molecule has 0 radical (unpaired) electrons. The van der Waals surface area contributed by atoms with Crippen LogP contribution in [0.3, 0.4) is 0 Å². The zero-order chi connectivity index (χ0) is 26.0. The molecule has 196 valence electrons. The molecule has 2 atom stereocenters. The van der Waals surface area contributed by atoms with Crippen molar-refractivity contribution in [2.24, 2.45) is 0 Å². The maximum Gasteiger partial charge on any atom is 0.251 e. The van der Waals surface area contributed by atoms with Crippen molar-refractivity contribution in [3.8, 4) is 11.5 Å². The van der Waals surface area contributed by atoms with E-state index < -0.39 is 6.10 Å². The molecule has 1 amide bonds. The third-order valence-electron chi connectivity index (χ3n) is 6.57. The van der Waals surface area contributed by atoms with E-state index in [0.29, 0.717) is 24.4 Å². The van der Waals surface area contributed by atoms with E-state index in [0.717, 1.165) is 37.5 Å². The van der Waals surface area contributed by atoms with Crippen LogP contribution in [-0.4, -0.2) is 79.9 Å². The van der Waals surface area contributed by atoms with Crippen LogP contribution in [0.4, 0.5) is 4.39 Å². The summed E-state index contributed by atoms with van der Waals surface area (Å²) in [6.45, 7) is 4.40. The summed E-state index contributed by atoms with van der Waals surface area (Å²) in [6, 6.07) is 23.0.